The van der Waals surface area contributed by atoms with E-state index in [4.69, 9.17) is 0 Å². The summed E-state index contributed by atoms with van der Waals surface area (Å²) in [6, 6.07) is 4.90. The molecule has 0 unspecified atom stereocenters. The minimum absolute atomic E-state index is 0.139. The van der Waals surface area contributed by atoms with Crippen molar-refractivity contribution in [1.82, 2.24) is 9.78 Å². The number of ketones is 1. The molecule has 1 aromatic heterocycles. The minimum atomic E-state index is -0.469. The molecule has 0 atom stereocenters. The third-order valence-electron chi connectivity index (χ3n) is 3.09. The van der Waals surface area contributed by atoms with Crippen LogP contribution in [0.3, 0.4) is 0 Å². The van der Waals surface area contributed by atoms with Crippen molar-refractivity contribution in [2.24, 2.45) is 0 Å². The molecule has 3 nitrogen and oxygen atoms in total. The summed E-state index contributed by atoms with van der Waals surface area (Å²) < 4.78 is 15.6. The molecule has 2 aromatic rings. The maximum absolute atomic E-state index is 14.0. The number of carbonyl (C=O) groups is 1. The number of hydrogen-bond donors (Lipinski definition) is 0. The summed E-state index contributed by atoms with van der Waals surface area (Å²) in [7, 11) is 0. The lowest BCUT2D eigenvalue weighted by Gasteiger charge is -2.09. The largest absolute Gasteiger partial charge is 0.287 e. The van der Waals surface area contributed by atoms with Crippen molar-refractivity contribution in [2.75, 3.05) is 0 Å². The van der Waals surface area contributed by atoms with Gasteiger partial charge in [-0.3, -0.25) is 9.48 Å². The molecule has 1 heterocycles. The molecule has 100 valence electrons. The molecule has 0 bridgehead atoms. The zero-order valence-corrected chi connectivity index (χ0v) is 11.6. The van der Waals surface area contributed by atoms with Crippen molar-refractivity contribution in [1.29, 1.82) is 0 Å². The van der Waals surface area contributed by atoms with E-state index in [0.717, 1.165) is 11.3 Å². The van der Waals surface area contributed by atoms with Gasteiger partial charge >= 0.3 is 0 Å². The van der Waals surface area contributed by atoms with E-state index >= 15 is 0 Å². The average Bonchev–Trinajstić information content (AvgIpc) is 2.69. The number of aryl methyl sites for hydroxylation is 4. The van der Waals surface area contributed by atoms with Crippen LogP contribution in [0.25, 0.3) is 0 Å². The van der Waals surface area contributed by atoms with E-state index < -0.39 is 5.82 Å². The van der Waals surface area contributed by atoms with Gasteiger partial charge in [-0.2, -0.15) is 5.10 Å². The second-order valence-corrected chi connectivity index (χ2v) is 4.75. The van der Waals surface area contributed by atoms with Crippen molar-refractivity contribution in [3.8, 4) is 0 Å². The Hall–Kier alpha value is -1.97. The lowest BCUT2D eigenvalue weighted by Crippen LogP contribution is -2.13. The van der Waals surface area contributed by atoms with Gasteiger partial charge in [0, 0.05) is 6.54 Å². The van der Waals surface area contributed by atoms with E-state index in [0.29, 0.717) is 17.8 Å². The molecule has 0 saturated heterocycles. The van der Waals surface area contributed by atoms with Crippen molar-refractivity contribution in [3.05, 3.63) is 52.1 Å². The summed E-state index contributed by atoms with van der Waals surface area (Å²) in [4.78, 5) is 12.5. The highest BCUT2D eigenvalue weighted by molar-refractivity contribution is 6.09. The summed E-state index contributed by atoms with van der Waals surface area (Å²) in [5, 5.41) is 4.23. The maximum Gasteiger partial charge on any atom is 0.214 e. The van der Waals surface area contributed by atoms with Crippen molar-refractivity contribution in [3.63, 3.8) is 0 Å². The zero-order valence-electron chi connectivity index (χ0n) is 11.6. The number of carbonyl (C=O) groups excluding carboxylic acids is 1. The van der Waals surface area contributed by atoms with E-state index in [1.807, 2.05) is 26.8 Å². The van der Waals surface area contributed by atoms with Gasteiger partial charge in [-0.15, -0.1) is 0 Å². The third kappa shape index (κ3) is 2.43. The van der Waals surface area contributed by atoms with Gasteiger partial charge in [0.2, 0.25) is 5.78 Å². The second-order valence-electron chi connectivity index (χ2n) is 4.75. The number of halogens is 1. The number of nitrogens with zero attached hydrogens (tertiary/aromatic N) is 2. The molecule has 2 rings (SSSR count). The Kier molecular flexibility index (Phi) is 3.51. The number of hydrogen-bond acceptors (Lipinski definition) is 2. The first-order valence-corrected chi connectivity index (χ1v) is 6.30. The Labute approximate surface area is 112 Å². The number of aromatic nitrogens is 2. The van der Waals surface area contributed by atoms with E-state index in [1.54, 1.807) is 17.7 Å². The lowest BCUT2D eigenvalue weighted by molar-refractivity contribution is 0.102. The normalized spacial score (nSPS) is 10.8. The van der Waals surface area contributed by atoms with E-state index in [9.17, 15) is 9.18 Å². The molecule has 1 aromatic carbocycles. The summed E-state index contributed by atoms with van der Waals surface area (Å²) in [6.07, 6.45) is 0. The first-order valence-electron chi connectivity index (χ1n) is 6.30. The zero-order chi connectivity index (χ0) is 14.2. The molecule has 4 heteroatoms. The molecule has 0 aliphatic carbocycles. The van der Waals surface area contributed by atoms with Crippen molar-refractivity contribution in [2.45, 2.75) is 34.2 Å². The molecular formula is C15H17FN2O. The first kappa shape index (κ1) is 13.5. The molecule has 0 spiro atoms. The fourth-order valence-corrected chi connectivity index (χ4v) is 2.30. The monoisotopic (exact) mass is 260 g/mol. The Morgan fingerprint density at radius 1 is 1.26 bits per heavy atom. The predicted octanol–water partition coefficient (Wildman–Crippen LogP) is 3.20. The van der Waals surface area contributed by atoms with Gasteiger partial charge in [0.05, 0.1) is 11.3 Å². The highest BCUT2D eigenvalue weighted by atomic mass is 19.1. The SMILES string of the molecule is CCn1nc(C)cc1C(=O)c1c(C)cc(C)cc1F. The van der Waals surface area contributed by atoms with Gasteiger partial charge in [-0.1, -0.05) is 6.07 Å². The number of benzene rings is 1. The van der Waals surface area contributed by atoms with Crippen LogP contribution in [0.4, 0.5) is 4.39 Å². The topological polar surface area (TPSA) is 34.9 Å². The molecule has 19 heavy (non-hydrogen) atoms. The second kappa shape index (κ2) is 4.96. The van der Waals surface area contributed by atoms with Gasteiger partial charge in [-0.05, 0) is 51.0 Å². The van der Waals surface area contributed by atoms with E-state index in [1.165, 1.54) is 6.07 Å². The summed E-state index contributed by atoms with van der Waals surface area (Å²) in [5.41, 5.74) is 2.80. The fraction of sp³-hybridized carbons (Fsp3) is 0.333. The van der Waals surface area contributed by atoms with Gasteiger partial charge in [-0.25, -0.2) is 4.39 Å². The lowest BCUT2D eigenvalue weighted by atomic mass is 9.99. The van der Waals surface area contributed by atoms with E-state index in [2.05, 4.69) is 5.10 Å². The fourth-order valence-electron chi connectivity index (χ4n) is 2.30. The molecule has 0 aliphatic rings. The summed E-state index contributed by atoms with van der Waals surface area (Å²) >= 11 is 0. The van der Waals surface area contributed by atoms with Crippen LogP contribution in [0.1, 0.15) is 39.8 Å². The van der Waals surface area contributed by atoms with Gasteiger partial charge < -0.3 is 0 Å². The molecule has 0 fully saturated rings. The average molecular weight is 260 g/mol. The Morgan fingerprint density at radius 3 is 2.53 bits per heavy atom. The molecule has 0 N–H and O–H groups in total. The van der Waals surface area contributed by atoms with Crippen LogP contribution < -0.4 is 0 Å². The minimum Gasteiger partial charge on any atom is -0.287 e. The molecule has 0 saturated carbocycles. The van der Waals surface area contributed by atoms with Crippen molar-refractivity contribution < 1.29 is 9.18 Å². The molecule has 0 radical (unpaired) electrons. The quantitative estimate of drug-likeness (QED) is 0.794. The van der Waals surface area contributed by atoms with Crippen LogP contribution in [0, 0.1) is 26.6 Å². The molecule has 0 aliphatic heterocycles. The van der Waals surface area contributed by atoms with Crippen LogP contribution >= 0.6 is 0 Å². The third-order valence-corrected chi connectivity index (χ3v) is 3.09. The summed E-state index contributed by atoms with van der Waals surface area (Å²) in [6.45, 7) is 7.87. The Morgan fingerprint density at radius 2 is 1.95 bits per heavy atom. The van der Waals surface area contributed by atoms with Gasteiger partial charge in [0.1, 0.15) is 11.5 Å². The Balaban J connectivity index is 2.56. The molecular weight excluding hydrogens is 243 g/mol. The standard InChI is InChI=1S/C15H17FN2O/c1-5-18-13(8-11(4)17-18)15(19)14-10(3)6-9(2)7-12(14)16/h6-8H,5H2,1-4H3. The van der Waals surface area contributed by atoms with Crippen LogP contribution in [0.5, 0.6) is 0 Å². The predicted molar refractivity (Wildman–Crippen MR) is 71.9 cm³/mol. The Bertz CT molecular complexity index is 621. The van der Waals surface area contributed by atoms with Crippen LogP contribution in [0.15, 0.2) is 18.2 Å². The molecule has 0 amide bonds. The van der Waals surface area contributed by atoms with Crippen LogP contribution in [-0.4, -0.2) is 15.6 Å². The number of rotatable bonds is 3. The van der Waals surface area contributed by atoms with Crippen molar-refractivity contribution >= 4 is 5.78 Å². The highest BCUT2D eigenvalue weighted by Gasteiger charge is 2.21. The highest BCUT2D eigenvalue weighted by Crippen LogP contribution is 2.20. The van der Waals surface area contributed by atoms with Crippen LogP contribution in [-0.2, 0) is 6.54 Å². The van der Waals surface area contributed by atoms with Crippen LogP contribution in [0.2, 0.25) is 0 Å². The van der Waals surface area contributed by atoms with E-state index in [-0.39, 0.29) is 11.3 Å². The summed E-state index contributed by atoms with van der Waals surface area (Å²) in [5.74, 6) is -0.776. The van der Waals surface area contributed by atoms with Gasteiger partial charge in [0.25, 0.3) is 0 Å². The first-order chi connectivity index (χ1) is 8.93. The smallest absolute Gasteiger partial charge is 0.214 e. The maximum atomic E-state index is 14.0. The van der Waals surface area contributed by atoms with Gasteiger partial charge in [0.15, 0.2) is 0 Å².